The van der Waals surface area contributed by atoms with Gasteiger partial charge >= 0.3 is 12.3 Å². The molecule has 1 aromatic heterocycles. The first-order chi connectivity index (χ1) is 19.8. The summed E-state index contributed by atoms with van der Waals surface area (Å²) in [6.45, 7) is 7.08. The lowest BCUT2D eigenvalue weighted by Crippen LogP contribution is -2.32. The van der Waals surface area contributed by atoms with Crippen LogP contribution in [0.2, 0.25) is 0 Å². The van der Waals surface area contributed by atoms with Crippen molar-refractivity contribution in [3.8, 4) is 10.6 Å². The maximum atomic E-state index is 13.8. The van der Waals surface area contributed by atoms with Gasteiger partial charge in [0.15, 0.2) is 0 Å². The molecule has 226 valence electrons. The molecule has 2 aromatic carbocycles. The zero-order valence-corrected chi connectivity index (χ0v) is 25.1. The van der Waals surface area contributed by atoms with Crippen molar-refractivity contribution in [2.45, 2.75) is 96.5 Å². The summed E-state index contributed by atoms with van der Waals surface area (Å²) >= 11 is 1.18. The SMILES string of the molecule is CC(=O)N[C@@H](Cc1ccc(CNC(=O)OC(C)(C)C)cc1)c1nnc(-c2cc(C3CCCCC3)cc(C(F)(F)F)c2)s1. The van der Waals surface area contributed by atoms with Gasteiger partial charge < -0.3 is 15.4 Å². The van der Waals surface area contributed by atoms with Gasteiger partial charge in [-0.2, -0.15) is 13.2 Å². The second-order valence-corrected chi connectivity index (χ2v) is 12.8. The number of hydrogen-bond acceptors (Lipinski definition) is 6. The molecule has 2 amide bonds. The number of amides is 2. The highest BCUT2D eigenvalue weighted by molar-refractivity contribution is 7.14. The third-order valence-corrected chi connectivity index (χ3v) is 8.11. The van der Waals surface area contributed by atoms with E-state index >= 15 is 0 Å². The summed E-state index contributed by atoms with van der Waals surface area (Å²) in [5.74, 6) is -0.157. The molecular formula is C31H37F3N4O3S. The summed E-state index contributed by atoms with van der Waals surface area (Å²) in [4.78, 5) is 24.0. The van der Waals surface area contributed by atoms with Gasteiger partial charge in [-0.05, 0) is 80.8 Å². The van der Waals surface area contributed by atoms with Crippen molar-refractivity contribution in [3.63, 3.8) is 0 Å². The Bertz CT molecular complexity index is 1380. The quantitative estimate of drug-likeness (QED) is 0.275. The number of nitrogens with zero attached hydrogens (tertiary/aromatic N) is 2. The summed E-state index contributed by atoms with van der Waals surface area (Å²) in [5.41, 5.74) is 1.59. The van der Waals surface area contributed by atoms with Gasteiger partial charge in [-0.1, -0.05) is 54.9 Å². The van der Waals surface area contributed by atoms with E-state index in [9.17, 15) is 22.8 Å². The van der Waals surface area contributed by atoms with Crippen molar-refractivity contribution < 1.29 is 27.5 Å². The zero-order valence-electron chi connectivity index (χ0n) is 24.3. The number of alkyl halides is 3. The summed E-state index contributed by atoms with van der Waals surface area (Å²) in [5, 5.41) is 15.0. The third-order valence-electron chi connectivity index (χ3n) is 7.02. The Kier molecular flexibility index (Phi) is 9.91. The molecular weight excluding hydrogens is 565 g/mol. The van der Waals surface area contributed by atoms with Crippen molar-refractivity contribution in [1.29, 1.82) is 0 Å². The summed E-state index contributed by atoms with van der Waals surface area (Å²) < 4.78 is 46.7. The van der Waals surface area contributed by atoms with Crippen LogP contribution in [-0.2, 0) is 28.7 Å². The summed E-state index contributed by atoms with van der Waals surface area (Å²) in [6.07, 6.45) is 0.321. The summed E-state index contributed by atoms with van der Waals surface area (Å²) in [7, 11) is 0. The number of carbonyl (C=O) groups excluding carboxylic acids is 2. The van der Waals surface area contributed by atoms with Gasteiger partial charge in [0.25, 0.3) is 0 Å². The minimum atomic E-state index is -4.47. The van der Waals surface area contributed by atoms with E-state index < -0.39 is 29.5 Å². The molecule has 0 saturated heterocycles. The number of alkyl carbamates (subject to hydrolysis) is 1. The first-order valence-corrected chi connectivity index (χ1v) is 15.0. The molecule has 11 heteroatoms. The first kappa shape index (κ1) is 31.5. The van der Waals surface area contributed by atoms with Crippen LogP contribution in [0.1, 0.15) is 99.0 Å². The van der Waals surface area contributed by atoms with E-state index in [0.29, 0.717) is 34.1 Å². The van der Waals surface area contributed by atoms with Crippen LogP contribution in [0.5, 0.6) is 0 Å². The van der Waals surface area contributed by atoms with Gasteiger partial charge in [0.2, 0.25) is 5.91 Å². The minimum absolute atomic E-state index is 0.0987. The molecule has 0 radical (unpaired) electrons. The average Bonchev–Trinajstić information content (AvgIpc) is 3.41. The van der Waals surface area contributed by atoms with E-state index in [-0.39, 0.29) is 11.8 Å². The van der Waals surface area contributed by atoms with Crippen molar-refractivity contribution in [2.75, 3.05) is 0 Å². The fourth-order valence-corrected chi connectivity index (χ4v) is 5.95. The van der Waals surface area contributed by atoms with E-state index in [1.165, 1.54) is 24.3 Å². The standard InChI is InChI=1S/C31H37F3N4O3S/c1-19(39)36-26(14-20-10-12-21(13-11-20)18-35-29(40)41-30(2,3)4)28-38-37-27(42-28)24-15-23(22-8-6-5-7-9-22)16-25(17-24)31(32,33)34/h10-13,15-17,22,26H,5-9,14,18H2,1-4H3,(H,35,40)(H,36,39)/t26-/m0/s1. The molecule has 1 heterocycles. The van der Waals surface area contributed by atoms with Gasteiger partial charge in [0.1, 0.15) is 15.6 Å². The monoisotopic (exact) mass is 602 g/mol. The Hall–Kier alpha value is -3.47. The van der Waals surface area contributed by atoms with Gasteiger partial charge in [0.05, 0.1) is 11.6 Å². The van der Waals surface area contributed by atoms with Crippen molar-refractivity contribution >= 4 is 23.3 Å². The molecule has 0 spiro atoms. The lowest BCUT2D eigenvalue weighted by Gasteiger charge is -2.23. The molecule has 1 aliphatic carbocycles. The normalized spacial score (nSPS) is 15.2. The molecule has 1 saturated carbocycles. The Morgan fingerprint density at radius 3 is 2.29 bits per heavy atom. The Balaban J connectivity index is 1.52. The zero-order chi connectivity index (χ0) is 30.5. The van der Waals surface area contributed by atoms with Crippen LogP contribution in [0.4, 0.5) is 18.0 Å². The minimum Gasteiger partial charge on any atom is -0.444 e. The van der Waals surface area contributed by atoms with Crippen LogP contribution < -0.4 is 10.6 Å². The fourth-order valence-electron chi connectivity index (χ4n) is 5.07. The number of aromatic nitrogens is 2. The molecule has 3 aromatic rings. The number of carbonyl (C=O) groups is 2. The lowest BCUT2D eigenvalue weighted by atomic mass is 9.83. The van der Waals surface area contributed by atoms with Crippen molar-refractivity contribution in [1.82, 2.24) is 20.8 Å². The predicted molar refractivity (Wildman–Crippen MR) is 156 cm³/mol. The maximum Gasteiger partial charge on any atom is 0.416 e. The van der Waals surface area contributed by atoms with Crippen LogP contribution >= 0.6 is 11.3 Å². The van der Waals surface area contributed by atoms with E-state index in [1.807, 2.05) is 30.3 Å². The van der Waals surface area contributed by atoms with Gasteiger partial charge in [-0.3, -0.25) is 4.79 Å². The molecule has 0 unspecified atom stereocenters. The van der Waals surface area contributed by atoms with E-state index in [1.54, 1.807) is 20.8 Å². The van der Waals surface area contributed by atoms with Crippen LogP contribution in [0.3, 0.4) is 0 Å². The highest BCUT2D eigenvalue weighted by atomic mass is 32.1. The van der Waals surface area contributed by atoms with E-state index in [0.717, 1.165) is 49.3 Å². The molecule has 0 aliphatic heterocycles. The van der Waals surface area contributed by atoms with Gasteiger partial charge in [-0.15, -0.1) is 10.2 Å². The van der Waals surface area contributed by atoms with Crippen LogP contribution in [-0.4, -0.2) is 27.8 Å². The van der Waals surface area contributed by atoms with Crippen LogP contribution in [0.15, 0.2) is 42.5 Å². The first-order valence-electron chi connectivity index (χ1n) is 14.1. The molecule has 2 N–H and O–H groups in total. The molecule has 0 bridgehead atoms. The molecule has 1 atom stereocenters. The van der Waals surface area contributed by atoms with E-state index in [4.69, 9.17) is 4.74 Å². The largest absolute Gasteiger partial charge is 0.444 e. The number of ether oxygens (including phenoxy) is 1. The number of halogens is 3. The molecule has 1 aliphatic rings. The van der Waals surface area contributed by atoms with Crippen molar-refractivity contribution in [3.05, 3.63) is 69.7 Å². The Morgan fingerprint density at radius 2 is 1.67 bits per heavy atom. The average molecular weight is 603 g/mol. The number of rotatable bonds is 8. The van der Waals surface area contributed by atoms with Gasteiger partial charge in [0, 0.05) is 19.0 Å². The smallest absolute Gasteiger partial charge is 0.416 e. The molecule has 7 nitrogen and oxygen atoms in total. The Labute approximate surface area is 248 Å². The van der Waals surface area contributed by atoms with Crippen LogP contribution in [0, 0.1) is 0 Å². The number of benzene rings is 2. The topological polar surface area (TPSA) is 93.2 Å². The maximum absolute atomic E-state index is 13.8. The number of nitrogens with one attached hydrogen (secondary N) is 2. The molecule has 1 fully saturated rings. The molecule has 4 rings (SSSR count). The predicted octanol–water partition coefficient (Wildman–Crippen LogP) is 7.72. The Morgan fingerprint density at radius 1 is 1.00 bits per heavy atom. The summed E-state index contributed by atoms with van der Waals surface area (Å²) in [6, 6.07) is 11.2. The third kappa shape index (κ3) is 9.01. The lowest BCUT2D eigenvalue weighted by molar-refractivity contribution is -0.137. The van der Waals surface area contributed by atoms with Crippen molar-refractivity contribution in [2.24, 2.45) is 0 Å². The highest BCUT2D eigenvalue weighted by Gasteiger charge is 2.33. The van der Waals surface area contributed by atoms with E-state index in [2.05, 4.69) is 20.8 Å². The van der Waals surface area contributed by atoms with Crippen LogP contribution in [0.25, 0.3) is 10.6 Å². The second-order valence-electron chi connectivity index (χ2n) is 11.8. The number of hydrogen-bond donors (Lipinski definition) is 2. The highest BCUT2D eigenvalue weighted by Crippen LogP contribution is 2.40. The molecule has 42 heavy (non-hydrogen) atoms. The second kappa shape index (κ2) is 13.2. The van der Waals surface area contributed by atoms with Gasteiger partial charge in [-0.25, -0.2) is 4.79 Å². The fraction of sp³-hybridized carbons (Fsp3) is 0.484.